The van der Waals surface area contributed by atoms with Crippen molar-refractivity contribution in [2.75, 3.05) is 0 Å². The molecular weight excluding hydrogens is 263 g/mol. The Morgan fingerprint density at radius 3 is 2.31 bits per heavy atom. The van der Waals surface area contributed by atoms with Gasteiger partial charge in [-0.3, -0.25) is 4.79 Å². The number of halogens is 2. The molecule has 4 heteroatoms. The van der Waals surface area contributed by atoms with Crippen molar-refractivity contribution < 1.29 is 4.79 Å². The lowest BCUT2D eigenvalue weighted by Gasteiger charge is -2.02. The lowest BCUT2D eigenvalue weighted by molar-refractivity contribution is 0.103. The van der Waals surface area contributed by atoms with Crippen LogP contribution < -0.4 is 0 Å². The molecule has 82 valence electrons. The van der Waals surface area contributed by atoms with Crippen LogP contribution in [0.1, 0.15) is 20.8 Å². The minimum atomic E-state index is -0.0387. The Kier molecular flexibility index (Phi) is 3.33. The molecule has 16 heavy (non-hydrogen) atoms. The molecule has 0 amide bonds. The van der Waals surface area contributed by atoms with Gasteiger partial charge in [0.05, 0.1) is 0 Å². The van der Waals surface area contributed by atoms with Gasteiger partial charge in [-0.25, -0.2) is 0 Å². The van der Waals surface area contributed by atoms with E-state index in [1.807, 2.05) is 18.4 Å². The highest BCUT2D eigenvalue weighted by molar-refractivity contribution is 7.10. The Balaban J connectivity index is 2.45. The molecule has 0 aliphatic carbocycles. The van der Waals surface area contributed by atoms with Crippen molar-refractivity contribution in [1.29, 1.82) is 0 Å². The molecule has 1 aromatic heterocycles. The predicted molar refractivity (Wildman–Crippen MR) is 69.0 cm³/mol. The van der Waals surface area contributed by atoms with Crippen LogP contribution in [0.3, 0.4) is 0 Å². The van der Waals surface area contributed by atoms with Crippen LogP contribution >= 0.6 is 34.5 Å². The van der Waals surface area contributed by atoms with Crippen LogP contribution in [-0.4, -0.2) is 5.78 Å². The van der Waals surface area contributed by atoms with Crippen molar-refractivity contribution in [3.63, 3.8) is 0 Å². The number of hydrogen-bond acceptors (Lipinski definition) is 2. The summed E-state index contributed by atoms with van der Waals surface area (Å²) in [6.07, 6.45) is 0. The van der Waals surface area contributed by atoms with Crippen molar-refractivity contribution in [2.24, 2.45) is 0 Å². The monoisotopic (exact) mass is 270 g/mol. The van der Waals surface area contributed by atoms with Gasteiger partial charge in [-0.2, -0.15) is 0 Å². The van der Waals surface area contributed by atoms with Crippen LogP contribution in [0.5, 0.6) is 0 Å². The van der Waals surface area contributed by atoms with E-state index in [-0.39, 0.29) is 5.78 Å². The Morgan fingerprint density at radius 2 is 1.81 bits per heavy atom. The molecule has 0 radical (unpaired) electrons. The van der Waals surface area contributed by atoms with Gasteiger partial charge in [0.25, 0.3) is 0 Å². The third-order valence-electron chi connectivity index (χ3n) is 2.23. The zero-order valence-corrected chi connectivity index (χ0v) is 10.8. The minimum absolute atomic E-state index is 0.0387. The maximum atomic E-state index is 12.1. The van der Waals surface area contributed by atoms with E-state index in [1.165, 1.54) is 0 Å². The maximum absolute atomic E-state index is 12.1. The average Bonchev–Trinajstić information content (AvgIpc) is 2.62. The molecule has 1 aromatic carbocycles. The van der Waals surface area contributed by atoms with Gasteiger partial charge in [0.2, 0.25) is 0 Å². The lowest BCUT2D eigenvalue weighted by Crippen LogP contribution is -2.01. The van der Waals surface area contributed by atoms with E-state index >= 15 is 0 Å². The number of rotatable bonds is 2. The van der Waals surface area contributed by atoms with Crippen LogP contribution in [0.4, 0.5) is 0 Å². The van der Waals surface area contributed by atoms with Crippen molar-refractivity contribution in [2.45, 2.75) is 6.92 Å². The highest BCUT2D eigenvalue weighted by Crippen LogP contribution is 2.24. The minimum Gasteiger partial charge on any atom is -0.289 e. The predicted octanol–water partition coefficient (Wildman–Crippen LogP) is 4.59. The smallest absolute Gasteiger partial charge is 0.194 e. The van der Waals surface area contributed by atoms with Gasteiger partial charge in [0, 0.05) is 26.0 Å². The van der Waals surface area contributed by atoms with Gasteiger partial charge in [-0.15, -0.1) is 11.3 Å². The van der Waals surface area contributed by atoms with Gasteiger partial charge in [0.15, 0.2) is 5.78 Å². The first-order valence-electron chi connectivity index (χ1n) is 4.63. The summed E-state index contributed by atoms with van der Waals surface area (Å²) in [6.45, 7) is 1.92. The fourth-order valence-corrected chi connectivity index (χ4v) is 2.68. The maximum Gasteiger partial charge on any atom is 0.194 e. The quantitative estimate of drug-likeness (QED) is 0.730. The summed E-state index contributed by atoms with van der Waals surface area (Å²) in [7, 11) is 0. The standard InChI is InChI=1S/C12H8Cl2OS/c1-7-11(2-3-16-7)12(15)8-4-9(13)6-10(14)5-8/h2-6H,1H3. The number of aryl methyl sites for hydroxylation is 1. The zero-order chi connectivity index (χ0) is 11.7. The third kappa shape index (κ3) is 2.29. The van der Waals surface area contributed by atoms with E-state index < -0.39 is 0 Å². The molecule has 0 N–H and O–H groups in total. The SMILES string of the molecule is Cc1sccc1C(=O)c1cc(Cl)cc(Cl)c1. The summed E-state index contributed by atoms with van der Waals surface area (Å²) < 4.78 is 0. The number of thiophene rings is 1. The molecule has 0 fully saturated rings. The molecule has 2 rings (SSSR count). The van der Waals surface area contributed by atoms with E-state index in [1.54, 1.807) is 29.5 Å². The number of ketones is 1. The third-order valence-corrected chi connectivity index (χ3v) is 3.51. The second-order valence-electron chi connectivity index (χ2n) is 3.38. The van der Waals surface area contributed by atoms with Crippen molar-refractivity contribution in [1.82, 2.24) is 0 Å². The van der Waals surface area contributed by atoms with E-state index in [9.17, 15) is 4.79 Å². The van der Waals surface area contributed by atoms with Crippen LogP contribution in [0.25, 0.3) is 0 Å². The summed E-state index contributed by atoms with van der Waals surface area (Å²) >= 11 is 13.3. The van der Waals surface area contributed by atoms with Gasteiger partial charge in [-0.05, 0) is 36.6 Å². The molecule has 1 nitrogen and oxygen atoms in total. The van der Waals surface area contributed by atoms with Crippen molar-refractivity contribution >= 4 is 40.3 Å². The average molecular weight is 271 g/mol. The Hall–Kier alpha value is -0.830. The zero-order valence-electron chi connectivity index (χ0n) is 8.46. The Morgan fingerprint density at radius 1 is 1.19 bits per heavy atom. The van der Waals surface area contributed by atoms with Crippen LogP contribution in [0.2, 0.25) is 10.0 Å². The molecule has 0 spiro atoms. The summed E-state index contributed by atoms with van der Waals surface area (Å²) in [5, 5.41) is 2.85. The summed E-state index contributed by atoms with van der Waals surface area (Å²) in [5.74, 6) is -0.0387. The number of carbonyl (C=O) groups excluding carboxylic acids is 1. The Labute approximate surface area is 108 Å². The van der Waals surface area contributed by atoms with E-state index in [0.29, 0.717) is 21.2 Å². The lowest BCUT2D eigenvalue weighted by atomic mass is 10.0. The Bertz CT molecular complexity index is 525. The molecule has 0 saturated carbocycles. The summed E-state index contributed by atoms with van der Waals surface area (Å²) in [5.41, 5.74) is 1.24. The first-order valence-corrected chi connectivity index (χ1v) is 6.26. The second kappa shape index (κ2) is 4.58. The molecule has 1 heterocycles. The van der Waals surface area contributed by atoms with E-state index in [2.05, 4.69) is 0 Å². The van der Waals surface area contributed by atoms with E-state index in [4.69, 9.17) is 23.2 Å². The van der Waals surface area contributed by atoms with Crippen LogP contribution in [0, 0.1) is 6.92 Å². The fourth-order valence-electron chi connectivity index (χ4n) is 1.46. The second-order valence-corrected chi connectivity index (χ2v) is 5.37. The first kappa shape index (κ1) is 11.6. The van der Waals surface area contributed by atoms with Gasteiger partial charge >= 0.3 is 0 Å². The normalized spacial score (nSPS) is 10.4. The van der Waals surface area contributed by atoms with Gasteiger partial charge < -0.3 is 0 Å². The van der Waals surface area contributed by atoms with Crippen molar-refractivity contribution in [3.8, 4) is 0 Å². The molecule has 0 saturated heterocycles. The molecule has 0 atom stereocenters. The number of carbonyl (C=O) groups is 1. The molecule has 0 bridgehead atoms. The number of hydrogen-bond donors (Lipinski definition) is 0. The molecule has 0 unspecified atom stereocenters. The van der Waals surface area contributed by atoms with Crippen molar-refractivity contribution in [3.05, 3.63) is 55.7 Å². The van der Waals surface area contributed by atoms with Crippen LogP contribution in [0.15, 0.2) is 29.6 Å². The van der Waals surface area contributed by atoms with E-state index in [0.717, 1.165) is 4.88 Å². The topological polar surface area (TPSA) is 17.1 Å². The first-order chi connectivity index (χ1) is 7.58. The molecule has 0 aliphatic rings. The molecule has 0 aliphatic heterocycles. The summed E-state index contributed by atoms with van der Waals surface area (Å²) in [6, 6.07) is 6.69. The molecular formula is C12H8Cl2OS. The molecule has 2 aromatic rings. The fraction of sp³-hybridized carbons (Fsp3) is 0.0833. The van der Waals surface area contributed by atoms with Gasteiger partial charge in [-0.1, -0.05) is 23.2 Å². The highest BCUT2D eigenvalue weighted by Gasteiger charge is 2.13. The van der Waals surface area contributed by atoms with Crippen LogP contribution in [-0.2, 0) is 0 Å². The van der Waals surface area contributed by atoms with Gasteiger partial charge in [0.1, 0.15) is 0 Å². The highest BCUT2D eigenvalue weighted by atomic mass is 35.5. The largest absolute Gasteiger partial charge is 0.289 e. The number of benzene rings is 1. The summed E-state index contributed by atoms with van der Waals surface area (Å²) in [4.78, 5) is 13.1.